The Bertz CT molecular complexity index is 1320. The van der Waals surface area contributed by atoms with Crippen molar-refractivity contribution in [3.05, 3.63) is 72.3 Å². The van der Waals surface area contributed by atoms with Crippen LogP contribution in [0.25, 0.3) is 10.8 Å². The SMILES string of the molecule is CC(C)[C@H]1C[C@@H]2C(=O)N(c3ccccc3)C(=O)[C@@H]2[C@@H]2C[C@@H](c3ccc(O)c4ccccc34)O[C@]12O. The molecule has 0 unspecified atom stereocenters. The Balaban J connectivity index is 1.43. The molecule has 3 fully saturated rings. The predicted octanol–water partition coefficient (Wildman–Crippen LogP) is 4.79. The molecule has 6 nitrogen and oxygen atoms in total. The molecule has 2 heterocycles. The maximum atomic E-state index is 13.7. The molecule has 0 bridgehead atoms. The van der Waals surface area contributed by atoms with Gasteiger partial charge in [-0.1, -0.05) is 62.4 Å². The molecule has 3 aromatic carbocycles. The lowest BCUT2D eigenvalue weighted by Crippen LogP contribution is -2.55. The van der Waals surface area contributed by atoms with Crippen molar-refractivity contribution in [2.24, 2.45) is 29.6 Å². The number of phenols is 1. The van der Waals surface area contributed by atoms with E-state index in [0.717, 1.165) is 16.3 Å². The van der Waals surface area contributed by atoms with Gasteiger partial charge in [0.1, 0.15) is 5.75 Å². The minimum absolute atomic E-state index is 0.0624. The number of imide groups is 1. The lowest BCUT2D eigenvalue weighted by atomic mass is 9.62. The number of phenolic OH excluding ortho intramolecular Hbond substituents is 1. The average molecular weight is 472 g/mol. The molecule has 2 amide bonds. The van der Waals surface area contributed by atoms with Crippen LogP contribution in [0.1, 0.15) is 38.4 Å². The Morgan fingerprint density at radius 1 is 0.914 bits per heavy atom. The zero-order valence-electron chi connectivity index (χ0n) is 19.8. The van der Waals surface area contributed by atoms with Crippen LogP contribution >= 0.6 is 0 Å². The molecule has 180 valence electrons. The normalized spacial score (nSPS) is 32.3. The summed E-state index contributed by atoms with van der Waals surface area (Å²) in [5.41, 5.74) is 1.44. The highest BCUT2D eigenvalue weighted by molar-refractivity contribution is 6.22. The van der Waals surface area contributed by atoms with Crippen LogP contribution in [0.5, 0.6) is 5.75 Å². The lowest BCUT2D eigenvalue weighted by molar-refractivity contribution is -0.276. The highest BCUT2D eigenvalue weighted by Gasteiger charge is 2.67. The number of carbonyl (C=O) groups is 2. The predicted molar refractivity (Wildman–Crippen MR) is 131 cm³/mol. The largest absolute Gasteiger partial charge is 0.507 e. The summed E-state index contributed by atoms with van der Waals surface area (Å²) >= 11 is 0. The van der Waals surface area contributed by atoms with Gasteiger partial charge in [0.05, 0.1) is 23.6 Å². The minimum atomic E-state index is -1.51. The van der Waals surface area contributed by atoms with Gasteiger partial charge in [-0.3, -0.25) is 14.5 Å². The van der Waals surface area contributed by atoms with E-state index in [4.69, 9.17) is 4.74 Å². The van der Waals surface area contributed by atoms with Crippen LogP contribution in [0.15, 0.2) is 66.7 Å². The number of carbonyl (C=O) groups excluding carboxylic acids is 2. The summed E-state index contributed by atoms with van der Waals surface area (Å²) in [4.78, 5) is 28.6. The number of amides is 2. The number of anilines is 1. The molecule has 6 atom stereocenters. The number of aliphatic hydroxyl groups is 1. The van der Waals surface area contributed by atoms with Gasteiger partial charge in [0.25, 0.3) is 0 Å². The lowest BCUT2D eigenvalue weighted by Gasteiger charge is -2.46. The van der Waals surface area contributed by atoms with Gasteiger partial charge in [-0.05, 0) is 47.9 Å². The van der Waals surface area contributed by atoms with Gasteiger partial charge in [0, 0.05) is 17.2 Å². The van der Waals surface area contributed by atoms with E-state index in [9.17, 15) is 19.8 Å². The fourth-order valence-corrected chi connectivity index (χ4v) is 6.78. The van der Waals surface area contributed by atoms with Crippen LogP contribution in [0, 0.1) is 29.6 Å². The summed E-state index contributed by atoms with van der Waals surface area (Å²) in [6, 6.07) is 20.1. The number of benzene rings is 3. The van der Waals surface area contributed by atoms with Crippen molar-refractivity contribution in [3.63, 3.8) is 0 Å². The molecule has 0 aromatic heterocycles. The topological polar surface area (TPSA) is 87.1 Å². The number of hydrogen-bond acceptors (Lipinski definition) is 5. The molecule has 2 N–H and O–H groups in total. The fourth-order valence-electron chi connectivity index (χ4n) is 6.78. The molecule has 3 aliphatic rings. The van der Waals surface area contributed by atoms with Crippen molar-refractivity contribution in [3.8, 4) is 5.75 Å². The standard InChI is InChI=1S/C29H29NO5/c1-16(2)22-14-21-26(28(33)30(27(21)32)17-8-4-3-5-9-17)23-15-25(35-29(22,23)34)20-12-13-24(31)19-11-7-6-10-18(19)20/h3-13,16,21-23,25-26,31,34H,14-15H2,1-2H3/t21-,22+,23-,25-,26-,29+/m0/s1. The van der Waals surface area contributed by atoms with Crippen LogP contribution in [-0.2, 0) is 14.3 Å². The Kier molecular flexibility index (Phi) is 5.02. The smallest absolute Gasteiger partial charge is 0.238 e. The first-order chi connectivity index (χ1) is 16.8. The summed E-state index contributed by atoms with van der Waals surface area (Å²) in [5.74, 6) is -3.58. The number of nitrogens with zero attached hydrogens (tertiary/aromatic N) is 1. The first-order valence-corrected chi connectivity index (χ1v) is 12.3. The number of para-hydroxylation sites is 1. The number of hydrogen-bond donors (Lipinski definition) is 2. The third kappa shape index (κ3) is 3.16. The molecule has 35 heavy (non-hydrogen) atoms. The first kappa shape index (κ1) is 22.3. The van der Waals surface area contributed by atoms with Crippen LogP contribution < -0.4 is 4.90 Å². The van der Waals surface area contributed by atoms with E-state index in [-0.39, 0.29) is 29.4 Å². The van der Waals surface area contributed by atoms with Gasteiger partial charge in [0.15, 0.2) is 5.79 Å². The summed E-state index contributed by atoms with van der Waals surface area (Å²) < 4.78 is 6.49. The zero-order valence-corrected chi connectivity index (χ0v) is 19.8. The van der Waals surface area contributed by atoms with Crippen molar-refractivity contribution >= 4 is 28.3 Å². The summed E-state index contributed by atoms with van der Waals surface area (Å²) in [6.07, 6.45) is 0.382. The van der Waals surface area contributed by atoms with Gasteiger partial charge in [0.2, 0.25) is 11.8 Å². The zero-order chi connectivity index (χ0) is 24.5. The molecule has 6 heteroatoms. The molecule has 3 aromatic rings. The third-order valence-corrected chi connectivity index (χ3v) is 8.38. The van der Waals surface area contributed by atoms with Crippen LogP contribution in [0.2, 0.25) is 0 Å². The number of fused-ring (bicyclic) bond motifs is 4. The third-order valence-electron chi connectivity index (χ3n) is 8.38. The van der Waals surface area contributed by atoms with E-state index in [1.165, 1.54) is 4.90 Å². The highest BCUT2D eigenvalue weighted by Crippen LogP contribution is 2.60. The minimum Gasteiger partial charge on any atom is -0.507 e. The van der Waals surface area contributed by atoms with Gasteiger partial charge in [-0.25, -0.2) is 0 Å². The van der Waals surface area contributed by atoms with Gasteiger partial charge < -0.3 is 14.9 Å². The van der Waals surface area contributed by atoms with Gasteiger partial charge in [-0.15, -0.1) is 0 Å². The molecule has 1 saturated carbocycles. The molecule has 2 saturated heterocycles. The Morgan fingerprint density at radius 2 is 1.60 bits per heavy atom. The first-order valence-electron chi connectivity index (χ1n) is 12.3. The van der Waals surface area contributed by atoms with Crippen LogP contribution in [0.3, 0.4) is 0 Å². The van der Waals surface area contributed by atoms with E-state index in [1.54, 1.807) is 18.2 Å². The molecular weight excluding hydrogens is 442 g/mol. The van der Waals surface area contributed by atoms with Gasteiger partial charge in [-0.2, -0.15) is 0 Å². The van der Waals surface area contributed by atoms with Crippen LogP contribution in [0.4, 0.5) is 5.69 Å². The fraction of sp³-hybridized carbons (Fsp3) is 0.379. The Hall–Kier alpha value is -3.22. The van der Waals surface area contributed by atoms with Crippen molar-refractivity contribution in [2.75, 3.05) is 4.90 Å². The van der Waals surface area contributed by atoms with Gasteiger partial charge >= 0.3 is 0 Å². The van der Waals surface area contributed by atoms with E-state index >= 15 is 0 Å². The summed E-state index contributed by atoms with van der Waals surface area (Å²) in [7, 11) is 0. The number of aromatic hydroxyl groups is 1. The molecular formula is C29H29NO5. The Labute approximate surface area is 204 Å². The highest BCUT2D eigenvalue weighted by atomic mass is 16.6. The maximum Gasteiger partial charge on any atom is 0.238 e. The molecule has 2 aliphatic heterocycles. The summed E-state index contributed by atoms with van der Waals surface area (Å²) in [5, 5.41) is 24.0. The van der Waals surface area contributed by atoms with Crippen LogP contribution in [-0.4, -0.2) is 27.8 Å². The Morgan fingerprint density at radius 3 is 2.31 bits per heavy atom. The van der Waals surface area contributed by atoms with Crippen molar-refractivity contribution < 1.29 is 24.5 Å². The second kappa shape index (κ2) is 7.90. The van der Waals surface area contributed by atoms with E-state index < -0.39 is 29.6 Å². The molecule has 1 aliphatic carbocycles. The number of ether oxygens (including phenoxy) is 1. The molecule has 6 rings (SSSR count). The number of rotatable bonds is 3. The van der Waals surface area contributed by atoms with E-state index in [2.05, 4.69) is 0 Å². The summed E-state index contributed by atoms with van der Waals surface area (Å²) in [6.45, 7) is 4.06. The van der Waals surface area contributed by atoms with E-state index in [1.807, 2.05) is 62.4 Å². The average Bonchev–Trinajstić information content (AvgIpc) is 3.33. The van der Waals surface area contributed by atoms with Crippen molar-refractivity contribution in [2.45, 2.75) is 38.6 Å². The molecule has 0 spiro atoms. The monoisotopic (exact) mass is 471 g/mol. The van der Waals surface area contributed by atoms with Crippen molar-refractivity contribution in [1.82, 2.24) is 0 Å². The van der Waals surface area contributed by atoms with Crippen molar-refractivity contribution in [1.29, 1.82) is 0 Å². The second-order valence-electron chi connectivity index (χ2n) is 10.5. The van der Waals surface area contributed by atoms with E-state index in [0.29, 0.717) is 18.5 Å². The molecule has 0 radical (unpaired) electrons. The second-order valence-corrected chi connectivity index (χ2v) is 10.5. The maximum absolute atomic E-state index is 13.7. The quantitative estimate of drug-likeness (QED) is 0.536.